The van der Waals surface area contributed by atoms with Gasteiger partial charge in [-0.1, -0.05) is 19.8 Å². The largest absolute Gasteiger partial charge is 0.339 e. The van der Waals surface area contributed by atoms with Crippen LogP contribution >= 0.6 is 0 Å². The molecule has 0 saturated carbocycles. The van der Waals surface area contributed by atoms with E-state index in [1.54, 1.807) is 0 Å². The molecule has 30 heavy (non-hydrogen) atoms. The average Bonchev–Trinajstić information content (AvgIpc) is 2.68. The maximum absolute atomic E-state index is 11.6. The van der Waals surface area contributed by atoms with Crippen molar-refractivity contribution in [2.45, 2.75) is 32.6 Å². The molecule has 158 valence electrons. The van der Waals surface area contributed by atoms with Gasteiger partial charge in [0.05, 0.1) is 25.8 Å². The van der Waals surface area contributed by atoms with Crippen molar-refractivity contribution in [1.82, 2.24) is 0 Å². The lowest BCUT2D eigenvalue weighted by molar-refractivity contribution is -0.393. The lowest BCUT2D eigenvalue weighted by atomic mass is 10.0. The molecule has 0 aliphatic heterocycles. The van der Waals surface area contributed by atoms with E-state index in [0.29, 0.717) is 24.5 Å². The number of nitrogens with zero attached hydrogens (tertiary/aromatic N) is 4. The van der Waals surface area contributed by atoms with Crippen LogP contribution in [-0.4, -0.2) is 19.7 Å². The van der Waals surface area contributed by atoms with E-state index in [1.807, 2.05) is 6.92 Å². The molecule has 0 aliphatic carbocycles. The fraction of sp³-hybridized carbons (Fsp3) is 0.294. The molecule has 2 aromatic rings. The Kier molecular flexibility index (Phi) is 6.90. The van der Waals surface area contributed by atoms with E-state index in [2.05, 4.69) is 5.32 Å². The zero-order valence-corrected chi connectivity index (χ0v) is 15.8. The molecule has 0 atom stereocenters. The van der Waals surface area contributed by atoms with Crippen molar-refractivity contribution in [3.05, 3.63) is 76.4 Å². The monoisotopic (exact) mass is 419 g/mol. The fourth-order valence-electron chi connectivity index (χ4n) is 2.83. The Labute approximate surface area is 168 Å². The molecule has 0 heterocycles. The summed E-state index contributed by atoms with van der Waals surface area (Å²) in [6, 6.07) is 4.95. The first kappa shape index (κ1) is 22.1. The van der Waals surface area contributed by atoms with E-state index in [4.69, 9.17) is 0 Å². The molecule has 2 aromatic carbocycles. The SMILES string of the molecule is CCCCCc1cc([N+](=O)[O-])c(Nc2ccc([N+](=O)[O-])cc2[N+](=O)[O-])c([N+](=O)[O-])c1. The standard InChI is InChI=1S/C17H17N5O8/c1-2-3-4-5-11-8-15(21(27)28)17(16(9-11)22(29)30)18-13-7-6-12(19(23)24)10-14(13)20(25)26/h6-10,18H,2-5H2,1H3. The van der Waals surface area contributed by atoms with E-state index in [1.165, 1.54) is 12.1 Å². The first-order valence-corrected chi connectivity index (χ1v) is 8.81. The van der Waals surface area contributed by atoms with Crippen LogP contribution in [0, 0.1) is 40.5 Å². The van der Waals surface area contributed by atoms with Crippen molar-refractivity contribution in [3.63, 3.8) is 0 Å². The molecule has 0 aliphatic rings. The summed E-state index contributed by atoms with van der Waals surface area (Å²) in [6.07, 6.45) is 2.82. The van der Waals surface area contributed by atoms with Crippen LogP contribution in [0.25, 0.3) is 0 Å². The van der Waals surface area contributed by atoms with E-state index in [-0.39, 0.29) is 5.69 Å². The summed E-state index contributed by atoms with van der Waals surface area (Å²) in [5.41, 5.74) is -3.06. The number of aryl methyl sites for hydroxylation is 1. The molecule has 0 amide bonds. The Balaban J connectivity index is 2.60. The molecule has 1 N–H and O–H groups in total. The highest BCUT2D eigenvalue weighted by atomic mass is 16.6. The first-order chi connectivity index (χ1) is 14.1. The lowest BCUT2D eigenvalue weighted by Gasteiger charge is -2.10. The average molecular weight is 419 g/mol. The molecule has 0 unspecified atom stereocenters. The third-order valence-electron chi connectivity index (χ3n) is 4.27. The van der Waals surface area contributed by atoms with Crippen LogP contribution in [0.1, 0.15) is 31.7 Å². The predicted octanol–water partition coefficient (Wildman–Crippen LogP) is 4.80. The van der Waals surface area contributed by atoms with Gasteiger partial charge in [0.1, 0.15) is 5.69 Å². The summed E-state index contributed by atoms with van der Waals surface area (Å²) >= 11 is 0. The number of nitrogens with one attached hydrogen (secondary N) is 1. The van der Waals surface area contributed by atoms with Gasteiger partial charge < -0.3 is 5.32 Å². The Morgan fingerprint density at radius 3 is 1.80 bits per heavy atom. The van der Waals surface area contributed by atoms with Crippen molar-refractivity contribution in [2.75, 3.05) is 5.32 Å². The minimum atomic E-state index is -0.924. The number of non-ortho nitro benzene ring substituents is 1. The fourth-order valence-corrected chi connectivity index (χ4v) is 2.83. The number of nitro benzene ring substituents is 4. The van der Waals surface area contributed by atoms with Gasteiger partial charge in [-0.05, 0) is 24.5 Å². The highest BCUT2D eigenvalue weighted by Gasteiger charge is 2.29. The topological polar surface area (TPSA) is 185 Å². The van der Waals surface area contributed by atoms with Crippen LogP contribution < -0.4 is 5.32 Å². The molecule has 0 saturated heterocycles. The number of nitro groups is 4. The second-order valence-electron chi connectivity index (χ2n) is 6.32. The third-order valence-corrected chi connectivity index (χ3v) is 4.27. The Morgan fingerprint density at radius 1 is 0.767 bits per heavy atom. The Hall–Kier alpha value is -4.16. The Bertz CT molecular complexity index is 988. The Morgan fingerprint density at radius 2 is 1.33 bits per heavy atom. The van der Waals surface area contributed by atoms with Gasteiger partial charge >= 0.3 is 0 Å². The van der Waals surface area contributed by atoms with E-state index >= 15 is 0 Å². The number of anilines is 2. The summed E-state index contributed by atoms with van der Waals surface area (Å²) < 4.78 is 0. The molecular formula is C17H17N5O8. The van der Waals surface area contributed by atoms with Crippen molar-refractivity contribution >= 4 is 34.1 Å². The van der Waals surface area contributed by atoms with Crippen LogP contribution in [0.3, 0.4) is 0 Å². The molecule has 0 fully saturated rings. The van der Waals surface area contributed by atoms with Gasteiger partial charge in [-0.15, -0.1) is 0 Å². The second-order valence-corrected chi connectivity index (χ2v) is 6.32. The first-order valence-electron chi connectivity index (χ1n) is 8.81. The minimum Gasteiger partial charge on any atom is -0.339 e. The van der Waals surface area contributed by atoms with Gasteiger partial charge in [0.15, 0.2) is 5.69 Å². The zero-order chi connectivity index (χ0) is 22.4. The van der Waals surface area contributed by atoms with Crippen molar-refractivity contribution in [3.8, 4) is 0 Å². The van der Waals surface area contributed by atoms with Gasteiger partial charge in [0.2, 0.25) is 0 Å². The smallest absolute Gasteiger partial charge is 0.300 e. The van der Waals surface area contributed by atoms with Crippen LogP contribution in [0.15, 0.2) is 30.3 Å². The van der Waals surface area contributed by atoms with Crippen molar-refractivity contribution < 1.29 is 19.7 Å². The third kappa shape index (κ3) is 5.01. The molecule has 0 spiro atoms. The van der Waals surface area contributed by atoms with Gasteiger partial charge in [-0.2, -0.15) is 0 Å². The molecule has 0 bridgehead atoms. The van der Waals surface area contributed by atoms with Crippen LogP contribution in [-0.2, 0) is 6.42 Å². The van der Waals surface area contributed by atoms with Gasteiger partial charge in [-0.3, -0.25) is 40.5 Å². The van der Waals surface area contributed by atoms with Crippen LogP contribution in [0.4, 0.5) is 34.1 Å². The highest BCUT2D eigenvalue weighted by Crippen LogP contribution is 2.40. The number of hydrogen-bond acceptors (Lipinski definition) is 9. The van der Waals surface area contributed by atoms with Crippen LogP contribution in [0.2, 0.25) is 0 Å². The molecular weight excluding hydrogens is 402 g/mol. The predicted molar refractivity (Wildman–Crippen MR) is 106 cm³/mol. The maximum atomic E-state index is 11.6. The summed E-state index contributed by atoms with van der Waals surface area (Å²) in [5.74, 6) is 0. The second kappa shape index (κ2) is 9.36. The van der Waals surface area contributed by atoms with Crippen molar-refractivity contribution in [1.29, 1.82) is 0 Å². The van der Waals surface area contributed by atoms with Gasteiger partial charge in [0, 0.05) is 18.2 Å². The molecule has 13 nitrogen and oxygen atoms in total. The minimum absolute atomic E-state index is 0.351. The van der Waals surface area contributed by atoms with Gasteiger partial charge in [0.25, 0.3) is 22.7 Å². The summed E-state index contributed by atoms with van der Waals surface area (Å²) in [6.45, 7) is 1.97. The number of unbranched alkanes of at least 4 members (excludes halogenated alkanes) is 2. The summed E-state index contributed by atoms with van der Waals surface area (Å²) in [7, 11) is 0. The molecule has 0 aromatic heterocycles. The maximum Gasteiger partial charge on any atom is 0.300 e. The summed E-state index contributed by atoms with van der Waals surface area (Å²) in [5, 5.41) is 47.6. The molecule has 13 heteroatoms. The quantitative estimate of drug-likeness (QED) is 0.321. The normalized spacial score (nSPS) is 10.4. The zero-order valence-electron chi connectivity index (χ0n) is 15.8. The molecule has 2 rings (SSSR count). The molecule has 0 radical (unpaired) electrons. The number of benzene rings is 2. The van der Waals surface area contributed by atoms with Crippen LogP contribution in [0.5, 0.6) is 0 Å². The lowest BCUT2D eigenvalue weighted by Crippen LogP contribution is -2.05. The number of hydrogen-bond donors (Lipinski definition) is 1. The summed E-state index contributed by atoms with van der Waals surface area (Å²) in [4.78, 5) is 41.9. The van der Waals surface area contributed by atoms with Crippen molar-refractivity contribution in [2.24, 2.45) is 0 Å². The van der Waals surface area contributed by atoms with E-state index in [0.717, 1.165) is 25.0 Å². The van der Waals surface area contributed by atoms with E-state index in [9.17, 15) is 40.5 Å². The number of rotatable bonds is 10. The highest BCUT2D eigenvalue weighted by molar-refractivity contribution is 5.83. The van der Waals surface area contributed by atoms with Gasteiger partial charge in [-0.25, -0.2) is 0 Å². The van der Waals surface area contributed by atoms with E-state index < -0.39 is 48.1 Å².